The Morgan fingerprint density at radius 3 is 2.70 bits per heavy atom. The van der Waals surface area contributed by atoms with Crippen LogP contribution >= 0.6 is 0 Å². The molecule has 3 aromatic rings. The first kappa shape index (κ1) is 17.5. The lowest BCUT2D eigenvalue weighted by atomic mass is 10.1. The summed E-state index contributed by atoms with van der Waals surface area (Å²) in [6.45, 7) is 0.121. The smallest absolute Gasteiger partial charge is 0.230 e. The fourth-order valence-corrected chi connectivity index (χ4v) is 3.39. The van der Waals surface area contributed by atoms with E-state index in [1.54, 1.807) is 37.4 Å². The van der Waals surface area contributed by atoms with Crippen molar-refractivity contribution in [3.8, 4) is 22.9 Å². The average Bonchev–Trinajstić information content (AvgIpc) is 3.39. The molecule has 1 aliphatic rings. The maximum Gasteiger partial charge on any atom is 0.230 e. The van der Waals surface area contributed by atoms with Gasteiger partial charge in [-0.3, -0.25) is 0 Å². The Morgan fingerprint density at radius 2 is 1.93 bits per heavy atom. The summed E-state index contributed by atoms with van der Waals surface area (Å²) in [6.07, 6.45) is 4.63. The number of aromatic nitrogens is 2. The molecule has 0 radical (unpaired) electrons. The molecule has 0 unspecified atom stereocenters. The summed E-state index contributed by atoms with van der Waals surface area (Å²) in [5.41, 5.74) is 1.28. The van der Waals surface area contributed by atoms with Gasteiger partial charge < -0.3 is 14.0 Å². The minimum atomic E-state index is -0.292. The van der Waals surface area contributed by atoms with Crippen LogP contribution in [-0.4, -0.2) is 17.3 Å². The molecule has 1 aromatic heterocycles. The molecule has 2 aromatic carbocycles. The van der Waals surface area contributed by atoms with Crippen molar-refractivity contribution in [2.75, 3.05) is 7.11 Å². The molecule has 0 aliphatic heterocycles. The minimum absolute atomic E-state index is 0.121. The van der Waals surface area contributed by atoms with E-state index in [9.17, 15) is 4.39 Å². The molecule has 0 bridgehead atoms. The summed E-state index contributed by atoms with van der Waals surface area (Å²) in [4.78, 5) is 4.55. The lowest BCUT2D eigenvalue weighted by Gasteiger charge is -2.12. The van der Waals surface area contributed by atoms with Gasteiger partial charge in [0.05, 0.1) is 7.11 Å². The zero-order valence-electron chi connectivity index (χ0n) is 15.2. The van der Waals surface area contributed by atoms with Gasteiger partial charge in [0.15, 0.2) is 11.5 Å². The van der Waals surface area contributed by atoms with Gasteiger partial charge in [-0.25, -0.2) is 4.39 Å². The van der Waals surface area contributed by atoms with Gasteiger partial charge in [-0.2, -0.15) is 4.98 Å². The number of methoxy groups -OCH3 is 1. The van der Waals surface area contributed by atoms with E-state index in [-0.39, 0.29) is 12.4 Å². The summed E-state index contributed by atoms with van der Waals surface area (Å²) in [5, 5.41) is 4.11. The molecule has 0 amide bonds. The highest BCUT2D eigenvalue weighted by Gasteiger charge is 2.23. The van der Waals surface area contributed by atoms with E-state index in [0.29, 0.717) is 34.7 Å². The molecule has 0 saturated heterocycles. The largest absolute Gasteiger partial charge is 0.493 e. The summed E-state index contributed by atoms with van der Waals surface area (Å²) in [5.74, 6) is 2.40. The van der Waals surface area contributed by atoms with Crippen LogP contribution in [0.5, 0.6) is 11.5 Å². The van der Waals surface area contributed by atoms with E-state index in [1.165, 1.54) is 18.9 Å². The van der Waals surface area contributed by atoms with Crippen molar-refractivity contribution in [3.05, 3.63) is 59.7 Å². The fraction of sp³-hybridized carbons (Fsp3) is 0.333. The third kappa shape index (κ3) is 3.79. The van der Waals surface area contributed by atoms with Gasteiger partial charge in [0, 0.05) is 17.0 Å². The Labute approximate surface area is 157 Å². The zero-order chi connectivity index (χ0) is 18.6. The van der Waals surface area contributed by atoms with E-state index < -0.39 is 0 Å². The second-order valence-electron chi connectivity index (χ2n) is 6.68. The Balaban J connectivity index is 1.52. The van der Waals surface area contributed by atoms with Crippen molar-refractivity contribution in [3.63, 3.8) is 0 Å². The van der Waals surface area contributed by atoms with Gasteiger partial charge in [-0.05, 0) is 37.1 Å². The van der Waals surface area contributed by atoms with Gasteiger partial charge >= 0.3 is 0 Å². The Morgan fingerprint density at radius 1 is 1.11 bits per heavy atom. The van der Waals surface area contributed by atoms with Crippen LogP contribution in [0.2, 0.25) is 0 Å². The van der Waals surface area contributed by atoms with Crippen molar-refractivity contribution in [2.45, 2.75) is 38.2 Å². The van der Waals surface area contributed by atoms with Gasteiger partial charge in [-0.1, -0.05) is 36.2 Å². The number of halogens is 1. The summed E-state index contributed by atoms with van der Waals surface area (Å²) >= 11 is 0. The van der Waals surface area contributed by atoms with Crippen molar-refractivity contribution in [1.29, 1.82) is 0 Å². The van der Waals surface area contributed by atoms with Crippen molar-refractivity contribution in [2.24, 2.45) is 0 Å². The molecule has 1 heterocycles. The number of ether oxygens (including phenoxy) is 2. The standard InChI is InChI=1S/C21H21FN2O3/c1-25-19-12-15(20-23-21(27-24-20)14-6-2-3-7-14)10-11-18(19)26-13-16-8-4-5-9-17(16)22/h4-5,8-12,14H,2-3,6-7,13H2,1H3. The van der Waals surface area contributed by atoms with Crippen LogP contribution in [0.1, 0.15) is 43.1 Å². The van der Waals surface area contributed by atoms with Gasteiger partial charge in [0.25, 0.3) is 0 Å². The quantitative estimate of drug-likeness (QED) is 0.604. The van der Waals surface area contributed by atoms with Crippen molar-refractivity contribution < 1.29 is 18.4 Å². The van der Waals surface area contributed by atoms with Gasteiger partial charge in [0.1, 0.15) is 12.4 Å². The highest BCUT2D eigenvalue weighted by Crippen LogP contribution is 2.35. The molecule has 1 aliphatic carbocycles. The third-order valence-corrected chi connectivity index (χ3v) is 4.91. The number of rotatable bonds is 6. The molecule has 27 heavy (non-hydrogen) atoms. The minimum Gasteiger partial charge on any atom is -0.493 e. The predicted molar refractivity (Wildman–Crippen MR) is 98.2 cm³/mol. The number of hydrogen-bond acceptors (Lipinski definition) is 5. The van der Waals surface area contributed by atoms with Crippen LogP contribution in [0.3, 0.4) is 0 Å². The molecule has 6 heteroatoms. The zero-order valence-corrected chi connectivity index (χ0v) is 15.2. The third-order valence-electron chi connectivity index (χ3n) is 4.91. The Bertz CT molecular complexity index is 919. The lowest BCUT2D eigenvalue weighted by Crippen LogP contribution is -2.00. The van der Waals surface area contributed by atoms with Gasteiger partial charge in [0.2, 0.25) is 11.7 Å². The Hall–Kier alpha value is -2.89. The van der Waals surface area contributed by atoms with E-state index in [1.807, 2.05) is 6.07 Å². The SMILES string of the molecule is COc1cc(-c2noc(C3CCCC3)n2)ccc1OCc1ccccc1F. The maximum absolute atomic E-state index is 13.8. The normalized spacial score (nSPS) is 14.4. The first-order chi connectivity index (χ1) is 13.2. The fourth-order valence-electron chi connectivity index (χ4n) is 3.39. The van der Waals surface area contributed by atoms with Crippen LogP contribution in [0, 0.1) is 5.82 Å². The Kier molecular flexibility index (Phi) is 5.05. The van der Waals surface area contributed by atoms with Crippen LogP contribution in [0.15, 0.2) is 47.0 Å². The van der Waals surface area contributed by atoms with E-state index in [2.05, 4.69) is 10.1 Å². The highest BCUT2D eigenvalue weighted by atomic mass is 19.1. The van der Waals surface area contributed by atoms with Crippen LogP contribution in [-0.2, 0) is 6.61 Å². The highest BCUT2D eigenvalue weighted by molar-refractivity contribution is 5.60. The maximum atomic E-state index is 13.8. The number of hydrogen-bond donors (Lipinski definition) is 0. The van der Waals surface area contributed by atoms with Crippen molar-refractivity contribution in [1.82, 2.24) is 10.1 Å². The summed E-state index contributed by atoms with van der Waals surface area (Å²) in [7, 11) is 1.56. The van der Waals surface area contributed by atoms with Crippen LogP contribution in [0.25, 0.3) is 11.4 Å². The summed E-state index contributed by atoms with van der Waals surface area (Å²) < 4.78 is 30.4. The first-order valence-electron chi connectivity index (χ1n) is 9.13. The molecule has 140 valence electrons. The second kappa shape index (κ2) is 7.78. The van der Waals surface area contributed by atoms with Crippen LogP contribution in [0.4, 0.5) is 4.39 Å². The average molecular weight is 368 g/mol. The second-order valence-corrected chi connectivity index (χ2v) is 6.68. The topological polar surface area (TPSA) is 57.4 Å². The molecular weight excluding hydrogens is 347 g/mol. The molecule has 1 saturated carbocycles. The lowest BCUT2D eigenvalue weighted by molar-refractivity contribution is 0.280. The van der Waals surface area contributed by atoms with E-state index in [0.717, 1.165) is 18.4 Å². The molecule has 1 fully saturated rings. The molecule has 0 atom stereocenters. The molecule has 0 spiro atoms. The van der Waals surface area contributed by atoms with Crippen molar-refractivity contribution >= 4 is 0 Å². The number of benzene rings is 2. The van der Waals surface area contributed by atoms with Crippen LogP contribution < -0.4 is 9.47 Å². The van der Waals surface area contributed by atoms with E-state index >= 15 is 0 Å². The monoisotopic (exact) mass is 368 g/mol. The molecule has 4 rings (SSSR count). The summed E-state index contributed by atoms with van der Waals surface area (Å²) in [6, 6.07) is 12.0. The molecular formula is C21H21FN2O3. The molecule has 5 nitrogen and oxygen atoms in total. The first-order valence-corrected chi connectivity index (χ1v) is 9.13. The van der Waals surface area contributed by atoms with Gasteiger partial charge in [-0.15, -0.1) is 0 Å². The predicted octanol–water partition coefficient (Wildman–Crippen LogP) is 5.12. The molecule has 0 N–H and O–H groups in total. The van der Waals surface area contributed by atoms with E-state index in [4.69, 9.17) is 14.0 Å². The number of nitrogens with zero attached hydrogens (tertiary/aromatic N) is 2.